The van der Waals surface area contributed by atoms with Gasteiger partial charge in [-0.1, -0.05) is 35.3 Å². The molecule has 0 unspecified atom stereocenters. The van der Waals surface area contributed by atoms with Gasteiger partial charge in [0.2, 0.25) is 10.0 Å². The lowest BCUT2D eigenvalue weighted by molar-refractivity contribution is 0.221. The first-order chi connectivity index (χ1) is 20.9. The quantitative estimate of drug-likeness (QED) is 0.165. The molecule has 4 aromatic rings. The number of rotatable bonds is 9. The standard InChI is InChI=1S/C30H29Cl2FN8O2S/c1-17(2)41-16-27(38-39-41)29(18-6-5-7-22(10-18)44(42,43)40(3)4)37-21-11-23-28(36-20-8-9-26(33)24(31)12-20)19(14-34)15-35-30(23)25(32)13-21/h5-13,15-17,29,37-39H,1-4H3,(H,35,36)/t29-/m0/s1. The SMILES string of the molecule is CC(C)N1C=C([C@@H](Nc2cc(Cl)c3ncc(C#N)c(Nc4ccc(F)c(Cl)c4)c3c2)c2cccc(S(=O)(=O)N(C)C)c2)NN1. The fraction of sp³-hybridized carbons (Fsp3) is 0.200. The lowest BCUT2D eigenvalue weighted by Crippen LogP contribution is -2.41. The van der Waals surface area contributed by atoms with Gasteiger partial charge in [-0.2, -0.15) is 5.26 Å². The fourth-order valence-corrected chi connectivity index (χ4v) is 6.03. The summed E-state index contributed by atoms with van der Waals surface area (Å²) < 4.78 is 40.9. The van der Waals surface area contributed by atoms with Crippen molar-refractivity contribution in [1.29, 1.82) is 5.26 Å². The molecule has 0 amide bonds. The van der Waals surface area contributed by atoms with Crippen LogP contribution in [0.4, 0.5) is 21.5 Å². The van der Waals surface area contributed by atoms with Crippen LogP contribution in [0, 0.1) is 17.1 Å². The first-order valence-corrected chi connectivity index (χ1v) is 15.6. The fourth-order valence-electron chi connectivity index (χ4n) is 4.62. The maximum atomic E-state index is 13.8. The molecule has 4 N–H and O–H groups in total. The Morgan fingerprint density at radius 3 is 2.48 bits per heavy atom. The molecular weight excluding hydrogens is 626 g/mol. The van der Waals surface area contributed by atoms with E-state index in [2.05, 4.69) is 32.6 Å². The highest BCUT2D eigenvalue weighted by atomic mass is 35.5. The van der Waals surface area contributed by atoms with Crippen molar-refractivity contribution in [1.82, 2.24) is 25.3 Å². The zero-order chi connectivity index (χ0) is 31.8. The summed E-state index contributed by atoms with van der Waals surface area (Å²) in [6, 6.07) is 16.1. The van der Waals surface area contributed by atoms with Crippen LogP contribution in [0.5, 0.6) is 0 Å². The second kappa shape index (κ2) is 12.5. The van der Waals surface area contributed by atoms with E-state index in [1.807, 2.05) is 31.1 Å². The predicted molar refractivity (Wildman–Crippen MR) is 171 cm³/mol. The van der Waals surface area contributed by atoms with Gasteiger partial charge in [-0.3, -0.25) is 9.99 Å². The number of hydrazine groups is 2. The van der Waals surface area contributed by atoms with E-state index in [1.54, 1.807) is 30.3 Å². The molecule has 0 spiro atoms. The van der Waals surface area contributed by atoms with Crippen molar-refractivity contribution in [2.45, 2.75) is 30.8 Å². The number of fused-ring (bicyclic) bond motifs is 1. The second-order valence-electron chi connectivity index (χ2n) is 10.5. The summed E-state index contributed by atoms with van der Waals surface area (Å²) >= 11 is 12.7. The summed E-state index contributed by atoms with van der Waals surface area (Å²) in [5.74, 6) is -0.569. The van der Waals surface area contributed by atoms with Gasteiger partial charge in [-0.05, 0) is 61.9 Å². The third kappa shape index (κ3) is 6.24. The zero-order valence-electron chi connectivity index (χ0n) is 24.2. The molecule has 10 nitrogen and oxygen atoms in total. The molecule has 1 aliphatic heterocycles. The molecule has 228 valence electrons. The zero-order valence-corrected chi connectivity index (χ0v) is 26.5. The van der Waals surface area contributed by atoms with Crippen LogP contribution in [0.15, 0.2) is 77.6 Å². The summed E-state index contributed by atoms with van der Waals surface area (Å²) in [4.78, 5) is 4.55. The maximum absolute atomic E-state index is 13.8. The lowest BCUT2D eigenvalue weighted by atomic mass is 10.0. The van der Waals surface area contributed by atoms with E-state index < -0.39 is 21.9 Å². The number of pyridine rings is 1. The molecule has 0 fully saturated rings. The molecular formula is C30H29Cl2FN8O2S. The number of benzene rings is 3. The van der Waals surface area contributed by atoms with Crippen molar-refractivity contribution in [3.05, 3.63) is 99.7 Å². The maximum Gasteiger partial charge on any atom is 0.242 e. The highest BCUT2D eigenvalue weighted by molar-refractivity contribution is 7.89. The minimum absolute atomic E-state index is 0.0741. The number of nitrogens with zero attached hydrogens (tertiary/aromatic N) is 4. The van der Waals surface area contributed by atoms with Crippen LogP contribution in [0.1, 0.15) is 31.0 Å². The summed E-state index contributed by atoms with van der Waals surface area (Å²) in [6.45, 7) is 4.04. The van der Waals surface area contributed by atoms with Gasteiger partial charge in [0, 0.05) is 49.3 Å². The number of sulfonamides is 1. The highest BCUT2D eigenvalue weighted by Gasteiger charge is 2.26. The molecule has 0 aliphatic carbocycles. The second-order valence-corrected chi connectivity index (χ2v) is 13.5. The molecule has 1 aliphatic rings. The normalized spacial score (nSPS) is 14.0. The summed E-state index contributed by atoms with van der Waals surface area (Å²) in [6.07, 6.45) is 3.31. The molecule has 0 radical (unpaired) electrons. The van der Waals surface area contributed by atoms with E-state index in [9.17, 15) is 18.1 Å². The third-order valence-corrected chi connectivity index (χ3v) is 9.38. The minimum Gasteiger partial charge on any atom is -0.373 e. The van der Waals surface area contributed by atoms with Crippen LogP contribution in [0.3, 0.4) is 0 Å². The Bertz CT molecular complexity index is 1930. The lowest BCUT2D eigenvalue weighted by Gasteiger charge is -2.23. The van der Waals surface area contributed by atoms with E-state index in [4.69, 9.17) is 23.2 Å². The van der Waals surface area contributed by atoms with Crippen molar-refractivity contribution in [3.8, 4) is 6.07 Å². The van der Waals surface area contributed by atoms with Gasteiger partial charge in [0.25, 0.3) is 0 Å². The van der Waals surface area contributed by atoms with Crippen LogP contribution in [0.2, 0.25) is 10.0 Å². The van der Waals surface area contributed by atoms with Crippen molar-refractivity contribution in [3.63, 3.8) is 0 Å². The Labute approximate surface area is 265 Å². The van der Waals surface area contributed by atoms with Crippen molar-refractivity contribution < 1.29 is 12.8 Å². The first-order valence-electron chi connectivity index (χ1n) is 13.4. The molecule has 1 aromatic heterocycles. The van der Waals surface area contributed by atoms with Gasteiger partial charge in [0.1, 0.15) is 11.9 Å². The van der Waals surface area contributed by atoms with Gasteiger partial charge in [0.15, 0.2) is 0 Å². The minimum atomic E-state index is -3.70. The number of hydrogen-bond donors (Lipinski definition) is 4. The summed E-state index contributed by atoms with van der Waals surface area (Å²) in [7, 11) is -0.736. The van der Waals surface area contributed by atoms with E-state index >= 15 is 0 Å². The van der Waals surface area contributed by atoms with E-state index in [1.165, 1.54) is 38.5 Å². The number of hydrogen-bond acceptors (Lipinski definition) is 9. The van der Waals surface area contributed by atoms with Crippen molar-refractivity contribution in [2.24, 2.45) is 0 Å². The summed E-state index contributed by atoms with van der Waals surface area (Å²) in [5.41, 5.74) is 9.79. The Morgan fingerprint density at radius 1 is 1.07 bits per heavy atom. The van der Waals surface area contributed by atoms with E-state index in [0.29, 0.717) is 38.6 Å². The molecule has 5 rings (SSSR count). The Balaban J connectivity index is 1.63. The molecule has 3 aromatic carbocycles. The van der Waals surface area contributed by atoms with Crippen LogP contribution in [-0.2, 0) is 10.0 Å². The monoisotopic (exact) mass is 654 g/mol. The topological polar surface area (TPSA) is 125 Å². The Morgan fingerprint density at radius 2 is 1.82 bits per heavy atom. The first kappa shape index (κ1) is 31.3. The van der Waals surface area contributed by atoms with Crippen LogP contribution in [0.25, 0.3) is 10.9 Å². The van der Waals surface area contributed by atoms with Gasteiger partial charge in [0.05, 0.1) is 43.4 Å². The van der Waals surface area contributed by atoms with Crippen LogP contribution in [-0.4, -0.2) is 42.9 Å². The third-order valence-electron chi connectivity index (χ3n) is 6.99. The Hall–Kier alpha value is -4.12. The molecule has 0 saturated carbocycles. The van der Waals surface area contributed by atoms with Crippen LogP contribution < -0.4 is 21.6 Å². The Kier molecular flexibility index (Phi) is 8.88. The molecule has 1 atom stereocenters. The van der Waals surface area contributed by atoms with Gasteiger partial charge < -0.3 is 16.1 Å². The van der Waals surface area contributed by atoms with Crippen LogP contribution >= 0.6 is 23.2 Å². The molecule has 44 heavy (non-hydrogen) atoms. The molecule has 14 heteroatoms. The van der Waals surface area contributed by atoms with E-state index in [0.717, 1.165) is 10.0 Å². The predicted octanol–water partition coefficient (Wildman–Crippen LogP) is 6.27. The average Bonchev–Trinajstić information content (AvgIpc) is 3.49. The molecule has 0 bridgehead atoms. The summed E-state index contributed by atoms with van der Waals surface area (Å²) in [5, 5.41) is 19.2. The van der Waals surface area contributed by atoms with Crippen molar-refractivity contribution >= 4 is 61.2 Å². The van der Waals surface area contributed by atoms with Gasteiger partial charge >= 0.3 is 0 Å². The number of halogens is 3. The van der Waals surface area contributed by atoms with Crippen molar-refractivity contribution in [2.75, 3.05) is 24.7 Å². The average molecular weight is 656 g/mol. The smallest absolute Gasteiger partial charge is 0.242 e. The largest absolute Gasteiger partial charge is 0.373 e. The number of nitrogens with one attached hydrogen (secondary N) is 4. The van der Waals surface area contributed by atoms with Gasteiger partial charge in [-0.25, -0.2) is 17.1 Å². The molecule has 0 saturated heterocycles. The van der Waals surface area contributed by atoms with E-state index in [-0.39, 0.29) is 21.5 Å². The van der Waals surface area contributed by atoms with Gasteiger partial charge in [-0.15, -0.1) is 5.53 Å². The number of anilines is 3. The number of aromatic nitrogens is 1. The highest BCUT2D eigenvalue weighted by Crippen LogP contribution is 2.37. The number of nitriles is 1. The molecule has 2 heterocycles.